The Kier molecular flexibility index (Phi) is 8.99. The first-order valence-electron chi connectivity index (χ1n) is 12.1. The van der Waals surface area contributed by atoms with Gasteiger partial charge in [-0.3, -0.25) is 4.79 Å². The number of rotatable bonds is 7. The van der Waals surface area contributed by atoms with Crippen molar-refractivity contribution in [3.63, 3.8) is 0 Å². The lowest BCUT2D eigenvalue weighted by atomic mass is 9.88. The SMILES string of the molecule is CC(C)Nc1ccc(Cl)c(C(=O)C2CCN(c3nc4ccc(C#N)cc4nc3NC(C)C)CC2)c1.Cl. The van der Waals surface area contributed by atoms with Crippen molar-refractivity contribution in [1.29, 1.82) is 5.26 Å². The van der Waals surface area contributed by atoms with Crippen LogP contribution in [0.1, 0.15) is 56.5 Å². The van der Waals surface area contributed by atoms with E-state index < -0.39 is 0 Å². The van der Waals surface area contributed by atoms with Crippen molar-refractivity contribution >= 4 is 58.1 Å². The van der Waals surface area contributed by atoms with Crippen molar-refractivity contribution in [2.75, 3.05) is 28.6 Å². The fraction of sp³-hybridized carbons (Fsp3) is 0.407. The van der Waals surface area contributed by atoms with Crippen molar-refractivity contribution in [2.24, 2.45) is 5.92 Å². The first-order chi connectivity index (χ1) is 16.7. The molecule has 2 heterocycles. The van der Waals surface area contributed by atoms with Crippen LogP contribution < -0.4 is 15.5 Å². The number of benzene rings is 2. The van der Waals surface area contributed by atoms with E-state index in [0.29, 0.717) is 53.4 Å². The number of halogens is 2. The summed E-state index contributed by atoms with van der Waals surface area (Å²) in [5.74, 6) is 1.48. The minimum Gasteiger partial charge on any atom is -0.383 e. The number of aromatic nitrogens is 2. The van der Waals surface area contributed by atoms with E-state index in [0.717, 1.165) is 17.0 Å². The fourth-order valence-electron chi connectivity index (χ4n) is 4.42. The number of nitrogens with zero attached hydrogens (tertiary/aromatic N) is 4. The highest BCUT2D eigenvalue weighted by Crippen LogP contribution is 2.32. The average Bonchev–Trinajstić information content (AvgIpc) is 2.83. The van der Waals surface area contributed by atoms with Crippen LogP contribution in [0.3, 0.4) is 0 Å². The standard InChI is InChI=1S/C27H31ClN6O.ClH/c1-16(2)30-20-6-7-22(28)21(14-20)25(35)19-9-11-34(12-10-19)27-26(31-17(3)4)32-24-13-18(15-29)5-8-23(24)33-27;/h5-8,13-14,16-17,19,30H,9-12H2,1-4H3,(H,31,32);1H. The third-order valence-electron chi connectivity index (χ3n) is 6.05. The van der Waals surface area contributed by atoms with Gasteiger partial charge in [-0.05, 0) is 76.9 Å². The monoisotopic (exact) mass is 526 g/mol. The summed E-state index contributed by atoms with van der Waals surface area (Å²) in [5.41, 5.74) is 3.47. The highest BCUT2D eigenvalue weighted by molar-refractivity contribution is 6.34. The van der Waals surface area contributed by atoms with Gasteiger partial charge in [0, 0.05) is 42.3 Å². The first kappa shape index (κ1) is 27.5. The van der Waals surface area contributed by atoms with Crippen LogP contribution in [0.4, 0.5) is 17.3 Å². The van der Waals surface area contributed by atoms with Crippen molar-refractivity contribution < 1.29 is 4.79 Å². The molecule has 0 amide bonds. The third kappa shape index (κ3) is 6.18. The number of carbonyl (C=O) groups is 1. The van der Waals surface area contributed by atoms with Crippen LogP contribution in [0.25, 0.3) is 11.0 Å². The lowest BCUT2D eigenvalue weighted by molar-refractivity contribution is 0.0900. The van der Waals surface area contributed by atoms with E-state index in [2.05, 4.69) is 49.3 Å². The van der Waals surface area contributed by atoms with Gasteiger partial charge < -0.3 is 15.5 Å². The average molecular weight is 528 g/mol. The van der Waals surface area contributed by atoms with Gasteiger partial charge in [0.25, 0.3) is 0 Å². The number of carbonyl (C=O) groups excluding carboxylic acids is 1. The number of ketones is 1. The number of anilines is 3. The molecule has 4 rings (SSSR count). The number of nitrogens with one attached hydrogen (secondary N) is 2. The second kappa shape index (κ2) is 11.8. The molecule has 3 aromatic rings. The van der Waals surface area contributed by atoms with Crippen molar-refractivity contribution in [1.82, 2.24) is 9.97 Å². The van der Waals surface area contributed by atoms with Crippen LogP contribution in [-0.4, -0.2) is 40.9 Å². The molecule has 0 radical (unpaired) electrons. The Morgan fingerprint density at radius 1 is 1.03 bits per heavy atom. The zero-order chi connectivity index (χ0) is 25.1. The molecule has 2 aromatic carbocycles. The summed E-state index contributed by atoms with van der Waals surface area (Å²) in [7, 11) is 0. The van der Waals surface area contributed by atoms with Gasteiger partial charge in [-0.15, -0.1) is 12.4 Å². The molecule has 0 atom stereocenters. The van der Waals surface area contributed by atoms with E-state index in [-0.39, 0.29) is 36.2 Å². The normalized spacial score (nSPS) is 14.0. The zero-order valence-electron chi connectivity index (χ0n) is 21.0. The number of fused-ring (bicyclic) bond motifs is 1. The Labute approximate surface area is 223 Å². The van der Waals surface area contributed by atoms with Crippen LogP contribution in [0, 0.1) is 17.2 Å². The largest absolute Gasteiger partial charge is 0.383 e. The zero-order valence-corrected chi connectivity index (χ0v) is 22.6. The van der Waals surface area contributed by atoms with Gasteiger partial charge in [-0.1, -0.05) is 11.6 Å². The van der Waals surface area contributed by atoms with Crippen LogP contribution in [-0.2, 0) is 0 Å². The lowest BCUT2D eigenvalue weighted by Gasteiger charge is -2.33. The van der Waals surface area contributed by atoms with Crippen LogP contribution in [0.5, 0.6) is 0 Å². The Hall–Kier alpha value is -3.08. The molecule has 1 saturated heterocycles. The molecule has 36 heavy (non-hydrogen) atoms. The van der Waals surface area contributed by atoms with E-state index in [9.17, 15) is 10.1 Å². The summed E-state index contributed by atoms with van der Waals surface area (Å²) in [6.45, 7) is 9.62. The number of hydrogen-bond acceptors (Lipinski definition) is 7. The Morgan fingerprint density at radius 2 is 1.72 bits per heavy atom. The van der Waals surface area contributed by atoms with E-state index in [4.69, 9.17) is 21.6 Å². The van der Waals surface area contributed by atoms with Crippen LogP contribution >= 0.6 is 24.0 Å². The van der Waals surface area contributed by atoms with E-state index >= 15 is 0 Å². The molecule has 7 nitrogen and oxygen atoms in total. The number of hydrogen-bond donors (Lipinski definition) is 2. The maximum absolute atomic E-state index is 13.4. The summed E-state index contributed by atoms with van der Waals surface area (Å²) >= 11 is 6.41. The Balaban J connectivity index is 0.00000361. The van der Waals surface area contributed by atoms with Gasteiger partial charge in [0.1, 0.15) is 0 Å². The molecule has 0 bridgehead atoms. The van der Waals surface area contributed by atoms with Crippen molar-refractivity contribution in [2.45, 2.75) is 52.6 Å². The summed E-state index contributed by atoms with van der Waals surface area (Å²) in [6.07, 6.45) is 1.43. The molecule has 190 valence electrons. The highest BCUT2D eigenvalue weighted by Gasteiger charge is 2.29. The fourth-order valence-corrected chi connectivity index (χ4v) is 4.63. The van der Waals surface area contributed by atoms with Gasteiger partial charge in [0.05, 0.1) is 27.7 Å². The third-order valence-corrected chi connectivity index (χ3v) is 6.38. The first-order valence-corrected chi connectivity index (χ1v) is 12.5. The highest BCUT2D eigenvalue weighted by atomic mass is 35.5. The van der Waals surface area contributed by atoms with E-state index in [1.54, 1.807) is 18.2 Å². The molecule has 0 spiro atoms. The molecule has 1 aliphatic rings. The Morgan fingerprint density at radius 3 is 2.36 bits per heavy atom. The van der Waals surface area contributed by atoms with Gasteiger partial charge in [-0.2, -0.15) is 5.26 Å². The van der Waals surface area contributed by atoms with Gasteiger partial charge >= 0.3 is 0 Å². The number of Topliss-reactive ketones (excluding diaryl/α,β-unsaturated/α-hetero) is 1. The summed E-state index contributed by atoms with van der Waals surface area (Å²) in [4.78, 5) is 25.2. The van der Waals surface area contributed by atoms with Gasteiger partial charge in [0.15, 0.2) is 17.4 Å². The minimum atomic E-state index is -0.0915. The quantitative estimate of drug-likeness (QED) is 0.348. The predicted octanol–water partition coefficient (Wildman–Crippen LogP) is 6.32. The second-order valence-corrected chi connectivity index (χ2v) is 10.0. The summed E-state index contributed by atoms with van der Waals surface area (Å²) < 4.78 is 0. The molecule has 0 aliphatic carbocycles. The maximum Gasteiger partial charge on any atom is 0.172 e. The summed E-state index contributed by atoms with van der Waals surface area (Å²) in [6, 6.07) is 13.5. The molecule has 0 saturated carbocycles. The van der Waals surface area contributed by atoms with Gasteiger partial charge in [0.2, 0.25) is 0 Å². The molecular formula is C27H32Cl2N6O. The molecule has 1 aromatic heterocycles. The van der Waals surface area contributed by atoms with Crippen LogP contribution in [0.2, 0.25) is 5.02 Å². The minimum absolute atomic E-state index is 0. The van der Waals surface area contributed by atoms with Crippen molar-refractivity contribution in [3.8, 4) is 6.07 Å². The molecule has 2 N–H and O–H groups in total. The molecular weight excluding hydrogens is 495 g/mol. The number of piperidine rings is 1. The molecule has 1 fully saturated rings. The molecule has 9 heteroatoms. The smallest absolute Gasteiger partial charge is 0.172 e. The van der Waals surface area contributed by atoms with Gasteiger partial charge in [-0.25, -0.2) is 9.97 Å². The molecule has 1 aliphatic heterocycles. The maximum atomic E-state index is 13.4. The predicted molar refractivity (Wildman–Crippen MR) is 150 cm³/mol. The number of nitriles is 1. The topological polar surface area (TPSA) is 93.9 Å². The Bertz CT molecular complexity index is 1280. The summed E-state index contributed by atoms with van der Waals surface area (Å²) in [5, 5.41) is 16.5. The molecule has 0 unspecified atom stereocenters. The van der Waals surface area contributed by atoms with Crippen LogP contribution in [0.15, 0.2) is 36.4 Å². The van der Waals surface area contributed by atoms with E-state index in [1.807, 2.05) is 18.2 Å². The van der Waals surface area contributed by atoms with Crippen molar-refractivity contribution in [3.05, 3.63) is 52.5 Å². The second-order valence-electron chi connectivity index (χ2n) is 9.63. The van der Waals surface area contributed by atoms with E-state index in [1.165, 1.54) is 0 Å². The lowest BCUT2D eigenvalue weighted by Crippen LogP contribution is -2.37.